The van der Waals surface area contributed by atoms with Crippen molar-refractivity contribution in [1.82, 2.24) is 9.97 Å². The normalized spacial score (nSPS) is 12.9. The van der Waals surface area contributed by atoms with E-state index < -0.39 is 0 Å². The third kappa shape index (κ3) is 3.54. The number of aromatic amines is 1. The summed E-state index contributed by atoms with van der Waals surface area (Å²) in [5.41, 5.74) is 7.58. The van der Waals surface area contributed by atoms with Gasteiger partial charge < -0.3 is 10.7 Å². The minimum atomic E-state index is 0.238. The second-order valence-electron chi connectivity index (χ2n) is 5.37. The number of aromatic nitrogens is 2. The molecule has 3 nitrogen and oxygen atoms in total. The number of nitrogens with zero attached hydrogens (tertiary/aromatic N) is 1. The quantitative estimate of drug-likeness (QED) is 0.855. The highest BCUT2D eigenvalue weighted by Gasteiger charge is 2.16. The first-order valence-corrected chi connectivity index (χ1v) is 7.47. The molecule has 0 aliphatic rings. The monoisotopic (exact) mass is 311 g/mol. The molecule has 0 saturated heterocycles. The Morgan fingerprint density at radius 1 is 1.30 bits per heavy atom. The first-order valence-electron chi connectivity index (χ1n) is 6.71. The topological polar surface area (TPSA) is 54.7 Å². The van der Waals surface area contributed by atoms with Gasteiger partial charge in [0, 0.05) is 23.0 Å². The molecule has 0 aliphatic heterocycles. The Morgan fingerprint density at radius 3 is 2.70 bits per heavy atom. The lowest BCUT2D eigenvalue weighted by Crippen LogP contribution is -2.15. The van der Waals surface area contributed by atoms with E-state index in [9.17, 15) is 0 Å². The zero-order valence-corrected chi connectivity index (χ0v) is 13.2. The van der Waals surface area contributed by atoms with E-state index in [0.717, 1.165) is 23.5 Å². The molecule has 1 aromatic carbocycles. The molecule has 108 valence electrons. The number of nitrogens with two attached hydrogens (primary N) is 1. The van der Waals surface area contributed by atoms with Crippen LogP contribution >= 0.6 is 23.2 Å². The van der Waals surface area contributed by atoms with Crippen LogP contribution in [0, 0.1) is 5.92 Å². The highest BCUT2D eigenvalue weighted by atomic mass is 35.5. The van der Waals surface area contributed by atoms with Crippen molar-refractivity contribution in [2.24, 2.45) is 11.7 Å². The van der Waals surface area contributed by atoms with Gasteiger partial charge in [-0.25, -0.2) is 4.98 Å². The van der Waals surface area contributed by atoms with Gasteiger partial charge in [0.15, 0.2) is 0 Å². The molecule has 0 saturated carbocycles. The van der Waals surface area contributed by atoms with Crippen LogP contribution in [0.2, 0.25) is 10.0 Å². The zero-order chi connectivity index (χ0) is 14.7. The van der Waals surface area contributed by atoms with Gasteiger partial charge in [-0.2, -0.15) is 0 Å². The Labute approximate surface area is 129 Å². The van der Waals surface area contributed by atoms with Crippen molar-refractivity contribution in [3.05, 3.63) is 40.3 Å². The van der Waals surface area contributed by atoms with E-state index in [4.69, 9.17) is 28.9 Å². The van der Waals surface area contributed by atoms with Crippen molar-refractivity contribution in [2.75, 3.05) is 6.54 Å². The fraction of sp³-hybridized carbons (Fsp3) is 0.400. The number of halogens is 2. The fourth-order valence-corrected chi connectivity index (χ4v) is 2.66. The molecule has 0 spiro atoms. The molecule has 5 heteroatoms. The van der Waals surface area contributed by atoms with Crippen LogP contribution in [0.1, 0.15) is 32.0 Å². The van der Waals surface area contributed by atoms with Gasteiger partial charge in [0.2, 0.25) is 0 Å². The smallest absolute Gasteiger partial charge is 0.110 e. The third-order valence-electron chi connectivity index (χ3n) is 3.24. The number of hydrogen-bond donors (Lipinski definition) is 2. The Balaban J connectivity index is 2.30. The van der Waals surface area contributed by atoms with Crippen LogP contribution in [0.15, 0.2) is 24.4 Å². The summed E-state index contributed by atoms with van der Waals surface area (Å²) in [5.74, 6) is 1.72. The molecule has 0 amide bonds. The second-order valence-corrected chi connectivity index (χ2v) is 6.21. The average Bonchev–Trinajstić information content (AvgIpc) is 2.88. The number of benzene rings is 1. The maximum atomic E-state index is 6.21. The number of hydrogen-bond acceptors (Lipinski definition) is 2. The fourth-order valence-electron chi connectivity index (χ4n) is 2.27. The lowest BCUT2D eigenvalue weighted by molar-refractivity contribution is 0.490. The number of nitrogens with one attached hydrogen (secondary N) is 1. The van der Waals surface area contributed by atoms with E-state index in [1.165, 1.54) is 0 Å². The molecule has 0 bridgehead atoms. The van der Waals surface area contributed by atoms with Crippen molar-refractivity contribution < 1.29 is 0 Å². The standard InChI is InChI=1S/C15H19Cl2N3/c1-9(2)5-10(7-18)15-19-8-14(20-15)12-6-11(16)3-4-13(12)17/h3-4,6,8-10H,5,7,18H2,1-2H3,(H,19,20). The van der Waals surface area contributed by atoms with Crippen LogP contribution in [-0.2, 0) is 0 Å². The number of H-pyrrole nitrogens is 1. The van der Waals surface area contributed by atoms with Gasteiger partial charge in [0.25, 0.3) is 0 Å². The van der Waals surface area contributed by atoms with Gasteiger partial charge in [-0.15, -0.1) is 0 Å². The first-order chi connectivity index (χ1) is 9.51. The second kappa shape index (κ2) is 6.61. The Hall–Kier alpha value is -1.03. The van der Waals surface area contributed by atoms with Gasteiger partial charge in [-0.05, 0) is 30.5 Å². The molecule has 2 rings (SSSR count). The van der Waals surface area contributed by atoms with Crippen LogP contribution in [0.25, 0.3) is 11.3 Å². The van der Waals surface area contributed by atoms with Crippen molar-refractivity contribution in [3.8, 4) is 11.3 Å². The van der Waals surface area contributed by atoms with Crippen molar-refractivity contribution in [3.63, 3.8) is 0 Å². The van der Waals surface area contributed by atoms with Crippen molar-refractivity contribution in [1.29, 1.82) is 0 Å². The van der Waals surface area contributed by atoms with E-state index in [0.29, 0.717) is 22.5 Å². The van der Waals surface area contributed by atoms with Crippen LogP contribution < -0.4 is 5.73 Å². The molecule has 1 atom stereocenters. The van der Waals surface area contributed by atoms with Gasteiger partial charge in [0.1, 0.15) is 5.82 Å². The molecular weight excluding hydrogens is 293 g/mol. The number of imidazole rings is 1. The van der Waals surface area contributed by atoms with Gasteiger partial charge in [-0.3, -0.25) is 0 Å². The highest BCUT2D eigenvalue weighted by Crippen LogP contribution is 2.30. The van der Waals surface area contributed by atoms with Crippen LogP contribution in [0.5, 0.6) is 0 Å². The van der Waals surface area contributed by atoms with E-state index in [2.05, 4.69) is 23.8 Å². The molecule has 2 aromatic rings. The predicted octanol–water partition coefficient (Wildman–Crippen LogP) is 4.47. The molecule has 0 fully saturated rings. The van der Waals surface area contributed by atoms with Gasteiger partial charge in [-0.1, -0.05) is 37.0 Å². The lowest BCUT2D eigenvalue weighted by Gasteiger charge is -2.14. The third-order valence-corrected chi connectivity index (χ3v) is 3.81. The van der Waals surface area contributed by atoms with E-state index >= 15 is 0 Å². The number of rotatable bonds is 5. The van der Waals surface area contributed by atoms with Crippen LogP contribution in [0.3, 0.4) is 0 Å². The van der Waals surface area contributed by atoms with Gasteiger partial charge in [0.05, 0.1) is 16.9 Å². The molecule has 1 unspecified atom stereocenters. The molecule has 1 aromatic heterocycles. The lowest BCUT2D eigenvalue weighted by atomic mass is 9.97. The maximum absolute atomic E-state index is 6.21. The largest absolute Gasteiger partial charge is 0.342 e. The molecule has 20 heavy (non-hydrogen) atoms. The molecular formula is C15H19Cl2N3. The SMILES string of the molecule is CC(C)CC(CN)c1ncc(-c2cc(Cl)ccc2Cl)[nH]1. The highest BCUT2D eigenvalue weighted by molar-refractivity contribution is 6.35. The first kappa shape index (κ1) is 15.4. The predicted molar refractivity (Wildman–Crippen MR) is 85.3 cm³/mol. The summed E-state index contributed by atoms with van der Waals surface area (Å²) in [6.45, 7) is 4.94. The van der Waals surface area contributed by atoms with E-state index in [-0.39, 0.29) is 5.92 Å². The summed E-state index contributed by atoms with van der Waals surface area (Å²) in [6.07, 6.45) is 2.79. The van der Waals surface area contributed by atoms with E-state index in [1.54, 1.807) is 18.3 Å². The minimum absolute atomic E-state index is 0.238. The summed E-state index contributed by atoms with van der Waals surface area (Å²) in [5, 5.41) is 1.30. The minimum Gasteiger partial charge on any atom is -0.342 e. The summed E-state index contributed by atoms with van der Waals surface area (Å²) < 4.78 is 0. The van der Waals surface area contributed by atoms with Crippen LogP contribution in [-0.4, -0.2) is 16.5 Å². The Morgan fingerprint density at radius 2 is 2.05 bits per heavy atom. The average molecular weight is 312 g/mol. The Bertz CT molecular complexity index is 578. The maximum Gasteiger partial charge on any atom is 0.110 e. The molecule has 0 radical (unpaired) electrons. The molecule has 0 aliphatic carbocycles. The summed E-state index contributed by atoms with van der Waals surface area (Å²) in [4.78, 5) is 7.77. The summed E-state index contributed by atoms with van der Waals surface area (Å²) in [7, 11) is 0. The van der Waals surface area contributed by atoms with Gasteiger partial charge >= 0.3 is 0 Å². The molecule has 1 heterocycles. The van der Waals surface area contributed by atoms with Crippen molar-refractivity contribution in [2.45, 2.75) is 26.2 Å². The molecule has 3 N–H and O–H groups in total. The zero-order valence-electron chi connectivity index (χ0n) is 11.7. The van der Waals surface area contributed by atoms with E-state index in [1.807, 2.05) is 6.07 Å². The summed E-state index contributed by atoms with van der Waals surface area (Å²) in [6, 6.07) is 5.39. The summed E-state index contributed by atoms with van der Waals surface area (Å²) >= 11 is 12.2. The van der Waals surface area contributed by atoms with Crippen LogP contribution in [0.4, 0.5) is 0 Å². The van der Waals surface area contributed by atoms with Crippen molar-refractivity contribution >= 4 is 23.2 Å². The Kier molecular flexibility index (Phi) is 5.08.